The second-order valence-electron chi connectivity index (χ2n) is 7.04. The fourth-order valence-electron chi connectivity index (χ4n) is 3.35. The highest BCUT2D eigenvalue weighted by molar-refractivity contribution is 6.31. The first-order valence-electron chi connectivity index (χ1n) is 9.26. The molecule has 7 nitrogen and oxygen atoms in total. The maximum Gasteiger partial charge on any atom is 0.274 e. The number of amides is 1. The summed E-state index contributed by atoms with van der Waals surface area (Å²) in [6.45, 7) is 5.40. The Morgan fingerprint density at radius 3 is 2.55 bits per heavy atom. The quantitative estimate of drug-likeness (QED) is 0.572. The summed E-state index contributed by atoms with van der Waals surface area (Å²) < 4.78 is 13.2. The topological polar surface area (TPSA) is 78.7 Å². The summed E-state index contributed by atoms with van der Waals surface area (Å²) in [6, 6.07) is 9.03. The number of hydrogen-bond donors (Lipinski definition) is 1. The fourth-order valence-corrected chi connectivity index (χ4v) is 3.57. The molecule has 1 heterocycles. The molecule has 1 aliphatic heterocycles. The molecule has 29 heavy (non-hydrogen) atoms. The zero-order valence-corrected chi connectivity index (χ0v) is 16.8. The standard InChI is InChI=1S/C20H22ClFN4O3/c1-14-18(3-2-4-19(14)26(28)29)23-20(27)13-25-9-7-24(8-10-25)12-15-5-6-16(22)11-17(15)21/h2-6,11H,7-10,12-13H2,1H3,(H,23,27). The molecule has 1 saturated heterocycles. The Bertz CT molecular complexity index is 917. The van der Waals surface area contributed by atoms with Crippen molar-refractivity contribution >= 4 is 28.9 Å². The van der Waals surface area contributed by atoms with E-state index < -0.39 is 4.92 Å². The van der Waals surface area contributed by atoms with Crippen molar-refractivity contribution in [2.45, 2.75) is 13.5 Å². The van der Waals surface area contributed by atoms with Crippen LogP contribution in [0.2, 0.25) is 5.02 Å². The van der Waals surface area contributed by atoms with E-state index in [4.69, 9.17) is 11.6 Å². The van der Waals surface area contributed by atoms with Crippen LogP contribution in [0.5, 0.6) is 0 Å². The van der Waals surface area contributed by atoms with Gasteiger partial charge in [-0.05, 0) is 30.7 Å². The number of nitro benzene ring substituents is 1. The number of anilines is 1. The van der Waals surface area contributed by atoms with Gasteiger partial charge in [-0.15, -0.1) is 0 Å². The third kappa shape index (κ3) is 5.50. The molecule has 1 fully saturated rings. The lowest BCUT2D eigenvalue weighted by Gasteiger charge is -2.34. The molecular formula is C20H22ClFN4O3. The number of carbonyl (C=O) groups excluding carboxylic acids is 1. The van der Waals surface area contributed by atoms with Crippen molar-refractivity contribution in [3.63, 3.8) is 0 Å². The number of nitro groups is 1. The maximum atomic E-state index is 13.2. The number of carbonyl (C=O) groups is 1. The van der Waals surface area contributed by atoms with Crippen molar-refractivity contribution in [2.75, 3.05) is 38.0 Å². The molecule has 0 aromatic heterocycles. The first kappa shape index (κ1) is 21.2. The van der Waals surface area contributed by atoms with E-state index in [2.05, 4.69) is 10.2 Å². The van der Waals surface area contributed by atoms with Gasteiger partial charge in [0.15, 0.2) is 0 Å². The van der Waals surface area contributed by atoms with Crippen LogP contribution in [0.25, 0.3) is 0 Å². The zero-order valence-electron chi connectivity index (χ0n) is 16.0. The highest BCUT2D eigenvalue weighted by atomic mass is 35.5. The Balaban J connectivity index is 1.50. The molecule has 0 spiro atoms. The van der Waals surface area contributed by atoms with E-state index >= 15 is 0 Å². The second-order valence-corrected chi connectivity index (χ2v) is 7.45. The lowest BCUT2D eigenvalue weighted by molar-refractivity contribution is -0.385. The molecule has 2 aromatic rings. The first-order chi connectivity index (χ1) is 13.8. The zero-order chi connectivity index (χ0) is 21.0. The number of nitrogens with one attached hydrogen (secondary N) is 1. The summed E-state index contributed by atoms with van der Waals surface area (Å²) in [4.78, 5) is 27.2. The van der Waals surface area contributed by atoms with Crippen molar-refractivity contribution in [1.82, 2.24) is 9.80 Å². The van der Waals surface area contributed by atoms with Crippen molar-refractivity contribution in [3.8, 4) is 0 Å². The molecule has 2 aromatic carbocycles. The molecule has 0 unspecified atom stereocenters. The van der Waals surface area contributed by atoms with Crippen LogP contribution in [0.4, 0.5) is 15.8 Å². The van der Waals surface area contributed by atoms with Crippen molar-refractivity contribution in [1.29, 1.82) is 0 Å². The van der Waals surface area contributed by atoms with Crippen LogP contribution < -0.4 is 5.32 Å². The van der Waals surface area contributed by atoms with Crippen molar-refractivity contribution < 1.29 is 14.1 Å². The van der Waals surface area contributed by atoms with Crippen LogP contribution >= 0.6 is 11.6 Å². The predicted octanol–water partition coefficient (Wildman–Crippen LogP) is 3.45. The smallest absolute Gasteiger partial charge is 0.274 e. The number of piperazine rings is 1. The average Bonchev–Trinajstić information content (AvgIpc) is 2.67. The van der Waals surface area contributed by atoms with Gasteiger partial charge in [-0.2, -0.15) is 0 Å². The molecule has 1 amide bonds. The van der Waals surface area contributed by atoms with Crippen LogP contribution in [0.15, 0.2) is 36.4 Å². The molecule has 3 rings (SSSR count). The number of rotatable bonds is 6. The first-order valence-corrected chi connectivity index (χ1v) is 9.64. The summed E-state index contributed by atoms with van der Waals surface area (Å²) in [6.07, 6.45) is 0. The van der Waals surface area contributed by atoms with Gasteiger partial charge < -0.3 is 5.32 Å². The molecule has 9 heteroatoms. The average molecular weight is 421 g/mol. The van der Waals surface area contributed by atoms with E-state index in [0.717, 1.165) is 18.7 Å². The van der Waals surface area contributed by atoms with Crippen LogP contribution in [0, 0.1) is 22.9 Å². The molecule has 0 atom stereocenters. The Morgan fingerprint density at radius 1 is 1.21 bits per heavy atom. The van der Waals surface area contributed by atoms with Gasteiger partial charge in [-0.1, -0.05) is 23.7 Å². The SMILES string of the molecule is Cc1c(NC(=O)CN2CCN(Cc3ccc(F)cc3Cl)CC2)cccc1[N+](=O)[O-]. The summed E-state index contributed by atoms with van der Waals surface area (Å²) in [5, 5.41) is 14.2. The van der Waals surface area contributed by atoms with Gasteiger partial charge in [0.1, 0.15) is 5.82 Å². The molecule has 154 valence electrons. The van der Waals surface area contributed by atoms with Gasteiger partial charge >= 0.3 is 0 Å². The Kier molecular flexibility index (Phi) is 6.79. The largest absolute Gasteiger partial charge is 0.324 e. The predicted molar refractivity (Wildman–Crippen MR) is 110 cm³/mol. The monoisotopic (exact) mass is 420 g/mol. The van der Waals surface area contributed by atoms with E-state index in [0.29, 0.717) is 35.9 Å². The van der Waals surface area contributed by atoms with Crippen LogP contribution in [-0.4, -0.2) is 53.4 Å². The number of halogens is 2. The fraction of sp³-hybridized carbons (Fsp3) is 0.350. The summed E-state index contributed by atoms with van der Waals surface area (Å²) in [5.41, 5.74) is 1.75. The van der Waals surface area contributed by atoms with Crippen LogP contribution in [-0.2, 0) is 11.3 Å². The summed E-state index contributed by atoms with van der Waals surface area (Å²) in [5.74, 6) is -0.558. The van der Waals surface area contributed by atoms with Gasteiger partial charge in [0, 0.05) is 43.8 Å². The van der Waals surface area contributed by atoms with E-state index in [1.165, 1.54) is 18.2 Å². The number of benzene rings is 2. The molecule has 1 aliphatic rings. The normalized spacial score (nSPS) is 15.3. The summed E-state index contributed by atoms with van der Waals surface area (Å²) >= 11 is 6.09. The van der Waals surface area contributed by atoms with E-state index in [9.17, 15) is 19.3 Å². The second kappa shape index (κ2) is 9.30. The van der Waals surface area contributed by atoms with Crippen LogP contribution in [0.1, 0.15) is 11.1 Å². The highest BCUT2D eigenvalue weighted by Crippen LogP contribution is 2.25. The lowest BCUT2D eigenvalue weighted by atomic mass is 10.1. The molecule has 0 saturated carbocycles. The Morgan fingerprint density at radius 2 is 1.90 bits per heavy atom. The van der Waals surface area contributed by atoms with Crippen molar-refractivity contribution in [3.05, 3.63) is 68.5 Å². The van der Waals surface area contributed by atoms with Gasteiger partial charge in [0.25, 0.3) is 5.69 Å². The molecular weight excluding hydrogens is 399 g/mol. The third-order valence-electron chi connectivity index (χ3n) is 5.02. The molecule has 0 bridgehead atoms. The number of hydrogen-bond acceptors (Lipinski definition) is 5. The van der Waals surface area contributed by atoms with Gasteiger partial charge in [0.05, 0.1) is 22.7 Å². The third-order valence-corrected chi connectivity index (χ3v) is 5.37. The highest BCUT2D eigenvalue weighted by Gasteiger charge is 2.21. The summed E-state index contributed by atoms with van der Waals surface area (Å²) in [7, 11) is 0. The Labute approximate surface area is 173 Å². The minimum absolute atomic E-state index is 0.0177. The Hall–Kier alpha value is -2.55. The lowest BCUT2D eigenvalue weighted by Crippen LogP contribution is -2.48. The van der Waals surface area contributed by atoms with Gasteiger partial charge in [-0.3, -0.25) is 24.7 Å². The van der Waals surface area contributed by atoms with E-state index in [-0.39, 0.29) is 24.0 Å². The molecule has 0 radical (unpaired) electrons. The van der Waals surface area contributed by atoms with E-state index in [1.54, 1.807) is 25.1 Å². The minimum atomic E-state index is -0.461. The van der Waals surface area contributed by atoms with Gasteiger partial charge in [-0.25, -0.2) is 4.39 Å². The molecule has 1 N–H and O–H groups in total. The van der Waals surface area contributed by atoms with Gasteiger partial charge in [0.2, 0.25) is 5.91 Å². The van der Waals surface area contributed by atoms with Crippen molar-refractivity contribution in [2.24, 2.45) is 0 Å². The van der Waals surface area contributed by atoms with Crippen LogP contribution in [0.3, 0.4) is 0 Å². The molecule has 0 aliphatic carbocycles. The minimum Gasteiger partial charge on any atom is -0.324 e. The maximum absolute atomic E-state index is 13.2. The van der Waals surface area contributed by atoms with E-state index in [1.807, 2.05) is 4.90 Å². The number of nitrogens with zero attached hydrogens (tertiary/aromatic N) is 3.